The van der Waals surface area contributed by atoms with Gasteiger partial charge in [-0.15, -0.1) is 0 Å². The number of furan rings is 1. The molecule has 1 aromatic heterocycles. The molecule has 1 aromatic carbocycles. The number of morpholine rings is 1. The van der Waals surface area contributed by atoms with E-state index in [1.807, 2.05) is 31.2 Å². The Morgan fingerprint density at radius 1 is 1.24 bits per heavy atom. The highest BCUT2D eigenvalue weighted by Gasteiger charge is 2.20. The molecule has 0 bridgehead atoms. The third-order valence-corrected chi connectivity index (χ3v) is 4.03. The molecular weight excluding hydrogens is 266 g/mol. The average molecular weight is 287 g/mol. The van der Waals surface area contributed by atoms with E-state index in [9.17, 15) is 4.79 Å². The van der Waals surface area contributed by atoms with E-state index in [0.717, 1.165) is 61.6 Å². The first-order valence-corrected chi connectivity index (χ1v) is 7.63. The van der Waals surface area contributed by atoms with E-state index in [1.54, 1.807) is 0 Å². The zero-order valence-electron chi connectivity index (χ0n) is 12.4. The maximum Gasteiger partial charge on any atom is 0.168 e. The molecule has 1 fully saturated rings. The third kappa shape index (κ3) is 3.01. The van der Waals surface area contributed by atoms with Gasteiger partial charge in [-0.05, 0) is 6.07 Å². The monoisotopic (exact) mass is 287 g/mol. The second kappa shape index (κ2) is 6.41. The molecular formula is C17H21NO3. The molecule has 0 radical (unpaired) electrons. The summed E-state index contributed by atoms with van der Waals surface area (Å²) < 4.78 is 11.1. The molecule has 0 amide bonds. The number of carbonyl (C=O) groups excluding carboxylic acids is 1. The standard InChI is InChI=1S/C17H21NO3/c1-2-15-17(13-5-3-4-6-16(13)21-15)14(19)7-8-18-9-11-20-12-10-18/h3-6H,2,7-12H2,1H3. The Balaban J connectivity index is 1.77. The summed E-state index contributed by atoms with van der Waals surface area (Å²) in [4.78, 5) is 14.9. The van der Waals surface area contributed by atoms with Gasteiger partial charge in [0.2, 0.25) is 0 Å². The Morgan fingerprint density at radius 3 is 2.76 bits per heavy atom. The van der Waals surface area contributed by atoms with Gasteiger partial charge in [-0.25, -0.2) is 0 Å². The number of hydrogen-bond acceptors (Lipinski definition) is 4. The number of hydrogen-bond donors (Lipinski definition) is 0. The summed E-state index contributed by atoms with van der Waals surface area (Å²) in [6.45, 7) is 6.19. The summed E-state index contributed by atoms with van der Waals surface area (Å²) in [7, 11) is 0. The molecule has 1 aliphatic heterocycles. The van der Waals surface area contributed by atoms with Crippen LogP contribution in [0.1, 0.15) is 29.5 Å². The number of nitrogens with zero attached hydrogens (tertiary/aromatic N) is 1. The Bertz CT molecular complexity index is 626. The van der Waals surface area contributed by atoms with Crippen molar-refractivity contribution in [1.29, 1.82) is 0 Å². The highest BCUT2D eigenvalue weighted by Crippen LogP contribution is 2.27. The van der Waals surface area contributed by atoms with Gasteiger partial charge in [0.25, 0.3) is 0 Å². The van der Waals surface area contributed by atoms with Crippen LogP contribution < -0.4 is 0 Å². The van der Waals surface area contributed by atoms with Crippen LogP contribution in [0.15, 0.2) is 28.7 Å². The minimum absolute atomic E-state index is 0.184. The number of carbonyl (C=O) groups is 1. The lowest BCUT2D eigenvalue weighted by molar-refractivity contribution is 0.0370. The summed E-state index contributed by atoms with van der Waals surface area (Å²) in [5.41, 5.74) is 1.59. The summed E-state index contributed by atoms with van der Waals surface area (Å²) in [5, 5.41) is 0.946. The largest absolute Gasteiger partial charge is 0.460 e. The molecule has 2 aromatic rings. The number of para-hydroxylation sites is 1. The predicted octanol–water partition coefficient (Wildman–Crippen LogP) is 2.90. The molecule has 2 heterocycles. The van der Waals surface area contributed by atoms with Crippen molar-refractivity contribution >= 4 is 16.8 Å². The second-order valence-corrected chi connectivity index (χ2v) is 5.38. The van der Waals surface area contributed by atoms with E-state index in [0.29, 0.717) is 6.42 Å². The first kappa shape index (κ1) is 14.3. The third-order valence-electron chi connectivity index (χ3n) is 4.03. The van der Waals surface area contributed by atoms with Crippen molar-refractivity contribution in [2.24, 2.45) is 0 Å². The van der Waals surface area contributed by atoms with Crippen LogP contribution >= 0.6 is 0 Å². The highest BCUT2D eigenvalue weighted by atomic mass is 16.5. The molecule has 3 rings (SSSR count). The van der Waals surface area contributed by atoms with E-state index in [-0.39, 0.29) is 5.78 Å². The van der Waals surface area contributed by atoms with E-state index >= 15 is 0 Å². The van der Waals surface area contributed by atoms with Crippen molar-refractivity contribution in [1.82, 2.24) is 4.90 Å². The van der Waals surface area contributed by atoms with E-state index in [2.05, 4.69) is 4.90 Å². The van der Waals surface area contributed by atoms with Crippen LogP contribution in [0, 0.1) is 0 Å². The fraction of sp³-hybridized carbons (Fsp3) is 0.471. The van der Waals surface area contributed by atoms with Gasteiger partial charge in [0.15, 0.2) is 5.78 Å². The van der Waals surface area contributed by atoms with Crippen molar-refractivity contribution in [3.05, 3.63) is 35.6 Å². The molecule has 0 saturated carbocycles. The molecule has 0 N–H and O–H groups in total. The zero-order valence-corrected chi connectivity index (χ0v) is 12.4. The number of ketones is 1. The molecule has 21 heavy (non-hydrogen) atoms. The fourth-order valence-corrected chi connectivity index (χ4v) is 2.86. The van der Waals surface area contributed by atoms with Gasteiger partial charge in [-0.1, -0.05) is 25.1 Å². The number of ether oxygens (including phenoxy) is 1. The molecule has 0 unspecified atom stereocenters. The first-order valence-electron chi connectivity index (χ1n) is 7.63. The Morgan fingerprint density at radius 2 is 2.00 bits per heavy atom. The Kier molecular flexibility index (Phi) is 4.36. The maximum atomic E-state index is 12.6. The second-order valence-electron chi connectivity index (χ2n) is 5.38. The normalized spacial score (nSPS) is 16.4. The van der Waals surface area contributed by atoms with Crippen LogP contribution in [-0.2, 0) is 11.2 Å². The lowest BCUT2D eigenvalue weighted by atomic mass is 10.0. The number of benzene rings is 1. The quantitative estimate of drug-likeness (QED) is 0.793. The lowest BCUT2D eigenvalue weighted by Crippen LogP contribution is -2.37. The van der Waals surface area contributed by atoms with Crippen molar-refractivity contribution in [3.63, 3.8) is 0 Å². The summed E-state index contributed by atoms with van der Waals surface area (Å²) in [5.74, 6) is 0.992. The molecule has 0 atom stereocenters. The Hall–Kier alpha value is -1.65. The van der Waals surface area contributed by atoms with Crippen molar-refractivity contribution in [2.75, 3.05) is 32.8 Å². The highest BCUT2D eigenvalue weighted by molar-refractivity contribution is 6.08. The van der Waals surface area contributed by atoms with E-state index in [4.69, 9.17) is 9.15 Å². The fourth-order valence-electron chi connectivity index (χ4n) is 2.86. The van der Waals surface area contributed by atoms with Crippen LogP contribution in [0.3, 0.4) is 0 Å². The van der Waals surface area contributed by atoms with Crippen LogP contribution in [0.5, 0.6) is 0 Å². The number of aryl methyl sites for hydroxylation is 1. The van der Waals surface area contributed by atoms with Gasteiger partial charge >= 0.3 is 0 Å². The topological polar surface area (TPSA) is 42.7 Å². The van der Waals surface area contributed by atoms with Crippen molar-refractivity contribution < 1.29 is 13.9 Å². The predicted molar refractivity (Wildman–Crippen MR) is 81.8 cm³/mol. The van der Waals surface area contributed by atoms with Gasteiger partial charge in [-0.2, -0.15) is 0 Å². The maximum absolute atomic E-state index is 12.6. The zero-order chi connectivity index (χ0) is 14.7. The molecule has 0 spiro atoms. The van der Waals surface area contributed by atoms with Crippen LogP contribution in [0.2, 0.25) is 0 Å². The van der Waals surface area contributed by atoms with Crippen LogP contribution in [0.4, 0.5) is 0 Å². The Labute approximate surface area is 124 Å². The van der Waals surface area contributed by atoms with Gasteiger partial charge in [0, 0.05) is 37.9 Å². The molecule has 4 nitrogen and oxygen atoms in total. The first-order chi connectivity index (χ1) is 10.3. The molecule has 1 aliphatic rings. The number of rotatable bonds is 5. The van der Waals surface area contributed by atoms with Crippen molar-refractivity contribution in [3.8, 4) is 0 Å². The SMILES string of the molecule is CCc1oc2ccccc2c1C(=O)CCN1CCOCC1. The van der Waals surface area contributed by atoms with E-state index in [1.165, 1.54) is 0 Å². The average Bonchev–Trinajstić information content (AvgIpc) is 2.92. The summed E-state index contributed by atoms with van der Waals surface area (Å²) in [6.07, 6.45) is 1.28. The van der Waals surface area contributed by atoms with Gasteiger partial charge in [0.05, 0.1) is 18.8 Å². The van der Waals surface area contributed by atoms with Gasteiger partial charge < -0.3 is 9.15 Å². The van der Waals surface area contributed by atoms with Gasteiger partial charge in [0.1, 0.15) is 11.3 Å². The molecule has 4 heteroatoms. The summed E-state index contributed by atoms with van der Waals surface area (Å²) in [6, 6.07) is 7.79. The van der Waals surface area contributed by atoms with Crippen LogP contribution in [0.25, 0.3) is 11.0 Å². The van der Waals surface area contributed by atoms with Crippen LogP contribution in [-0.4, -0.2) is 43.5 Å². The molecule has 0 aliphatic carbocycles. The number of Topliss-reactive ketones (excluding diaryl/α,β-unsaturated/α-hetero) is 1. The smallest absolute Gasteiger partial charge is 0.168 e. The molecule has 1 saturated heterocycles. The van der Waals surface area contributed by atoms with Crippen molar-refractivity contribution in [2.45, 2.75) is 19.8 Å². The minimum Gasteiger partial charge on any atom is -0.460 e. The summed E-state index contributed by atoms with van der Waals surface area (Å²) >= 11 is 0. The van der Waals surface area contributed by atoms with E-state index < -0.39 is 0 Å². The molecule has 112 valence electrons. The number of fused-ring (bicyclic) bond motifs is 1. The van der Waals surface area contributed by atoms with Gasteiger partial charge in [-0.3, -0.25) is 9.69 Å². The lowest BCUT2D eigenvalue weighted by Gasteiger charge is -2.26. The minimum atomic E-state index is 0.184.